The zero-order chi connectivity index (χ0) is 6.91. The van der Waals surface area contributed by atoms with E-state index in [9.17, 15) is 4.79 Å². The summed E-state index contributed by atoms with van der Waals surface area (Å²) in [5.74, 6) is -0.0429. The highest BCUT2D eigenvalue weighted by atomic mass is 16.6. The molecule has 0 radical (unpaired) electrons. The minimum Gasteiger partial charge on any atom is -0.458 e. The van der Waals surface area contributed by atoms with Crippen LogP contribution in [-0.4, -0.2) is 11.6 Å². The Morgan fingerprint density at radius 2 is 2.00 bits per heavy atom. The summed E-state index contributed by atoms with van der Waals surface area (Å²) in [5, 5.41) is 0. The highest BCUT2D eigenvalue weighted by molar-refractivity contribution is 5.76. The molecule has 1 fully saturated rings. The number of hydrogen-bond acceptors (Lipinski definition) is 2. The molecule has 52 valence electrons. The molecule has 0 aromatic carbocycles. The van der Waals surface area contributed by atoms with Gasteiger partial charge in [0, 0.05) is 0 Å². The molecule has 0 spiro atoms. The third-order valence-corrected chi connectivity index (χ3v) is 2.09. The molecule has 0 saturated carbocycles. The normalized spacial score (nSPS) is 22.7. The molecule has 1 rings (SSSR count). The molecule has 0 aliphatic carbocycles. The van der Waals surface area contributed by atoms with E-state index in [2.05, 4.69) is 13.8 Å². The first kappa shape index (κ1) is 6.59. The van der Waals surface area contributed by atoms with Crippen LogP contribution in [0.25, 0.3) is 0 Å². The second-order valence-corrected chi connectivity index (χ2v) is 2.54. The maximum Gasteiger partial charge on any atom is 0.310 e. The zero-order valence-corrected chi connectivity index (χ0v) is 5.94. The van der Waals surface area contributed by atoms with Crippen molar-refractivity contribution in [1.82, 2.24) is 0 Å². The van der Waals surface area contributed by atoms with E-state index < -0.39 is 0 Å². The molecule has 1 heterocycles. The van der Waals surface area contributed by atoms with Crippen LogP contribution < -0.4 is 0 Å². The second kappa shape index (κ2) is 2.01. The van der Waals surface area contributed by atoms with Crippen LogP contribution in [0.1, 0.15) is 33.1 Å². The van der Waals surface area contributed by atoms with Crippen molar-refractivity contribution >= 4 is 5.97 Å². The summed E-state index contributed by atoms with van der Waals surface area (Å²) in [7, 11) is 0. The third-order valence-electron chi connectivity index (χ3n) is 2.09. The molecular formula is C7H12O2. The Morgan fingerprint density at radius 3 is 2.11 bits per heavy atom. The lowest BCUT2D eigenvalue weighted by Gasteiger charge is -2.38. The summed E-state index contributed by atoms with van der Waals surface area (Å²) < 4.78 is 4.99. The number of rotatable bonds is 2. The Bertz CT molecular complexity index is 115. The fourth-order valence-corrected chi connectivity index (χ4v) is 1.14. The van der Waals surface area contributed by atoms with Gasteiger partial charge in [-0.1, -0.05) is 13.8 Å². The number of hydrogen-bond donors (Lipinski definition) is 0. The van der Waals surface area contributed by atoms with Crippen molar-refractivity contribution in [3.8, 4) is 0 Å². The van der Waals surface area contributed by atoms with Gasteiger partial charge in [-0.05, 0) is 12.8 Å². The first-order valence-electron chi connectivity index (χ1n) is 3.44. The summed E-state index contributed by atoms with van der Waals surface area (Å²) in [5.41, 5.74) is -0.0723. The van der Waals surface area contributed by atoms with E-state index in [-0.39, 0.29) is 11.6 Å². The molecule has 2 heteroatoms. The molecule has 0 N–H and O–H groups in total. The largest absolute Gasteiger partial charge is 0.458 e. The van der Waals surface area contributed by atoms with Crippen LogP contribution >= 0.6 is 0 Å². The lowest BCUT2D eigenvalue weighted by molar-refractivity contribution is -0.192. The van der Waals surface area contributed by atoms with Gasteiger partial charge in [0.2, 0.25) is 0 Å². The van der Waals surface area contributed by atoms with Gasteiger partial charge in [-0.2, -0.15) is 0 Å². The van der Waals surface area contributed by atoms with Crippen molar-refractivity contribution in [2.75, 3.05) is 0 Å². The first-order valence-corrected chi connectivity index (χ1v) is 3.44. The monoisotopic (exact) mass is 128 g/mol. The number of ether oxygens (including phenoxy) is 1. The molecule has 0 atom stereocenters. The summed E-state index contributed by atoms with van der Waals surface area (Å²) >= 11 is 0. The van der Waals surface area contributed by atoms with Crippen LogP contribution in [0.2, 0.25) is 0 Å². The standard InChI is InChI=1S/C7H12O2/c1-3-7(4-2)5-6(8)9-7/h3-5H2,1-2H3. The molecule has 0 aromatic heterocycles. The van der Waals surface area contributed by atoms with Crippen LogP contribution in [0.4, 0.5) is 0 Å². The Kier molecular flexibility index (Phi) is 1.47. The Balaban J connectivity index is 2.44. The molecular weight excluding hydrogens is 116 g/mol. The summed E-state index contributed by atoms with van der Waals surface area (Å²) in [6.45, 7) is 4.10. The molecule has 0 bridgehead atoms. The number of cyclic esters (lactones) is 1. The predicted octanol–water partition coefficient (Wildman–Crippen LogP) is 1.49. The lowest BCUT2D eigenvalue weighted by Crippen LogP contribution is -2.46. The van der Waals surface area contributed by atoms with Crippen LogP contribution in [0.5, 0.6) is 0 Å². The Morgan fingerprint density at radius 1 is 1.56 bits per heavy atom. The molecule has 0 aromatic rings. The fourth-order valence-electron chi connectivity index (χ4n) is 1.14. The van der Waals surface area contributed by atoms with Gasteiger partial charge >= 0.3 is 5.97 Å². The molecule has 0 amide bonds. The van der Waals surface area contributed by atoms with Crippen LogP contribution in [-0.2, 0) is 9.53 Å². The Labute approximate surface area is 55.2 Å². The van der Waals surface area contributed by atoms with Crippen molar-refractivity contribution in [1.29, 1.82) is 0 Å². The van der Waals surface area contributed by atoms with Crippen molar-refractivity contribution in [3.05, 3.63) is 0 Å². The first-order chi connectivity index (χ1) is 4.22. The van der Waals surface area contributed by atoms with E-state index in [0.29, 0.717) is 6.42 Å². The maximum atomic E-state index is 10.4. The summed E-state index contributed by atoms with van der Waals surface area (Å²) in [6.07, 6.45) is 2.53. The quantitative estimate of drug-likeness (QED) is 0.527. The van der Waals surface area contributed by atoms with Gasteiger partial charge in [0.1, 0.15) is 5.60 Å². The minimum absolute atomic E-state index is 0.0429. The van der Waals surface area contributed by atoms with Crippen molar-refractivity contribution in [2.24, 2.45) is 0 Å². The lowest BCUT2D eigenvalue weighted by atomic mass is 9.89. The third kappa shape index (κ3) is 0.934. The average Bonchev–Trinajstić information content (AvgIpc) is 1.81. The van der Waals surface area contributed by atoms with Gasteiger partial charge in [0.25, 0.3) is 0 Å². The van der Waals surface area contributed by atoms with E-state index in [1.54, 1.807) is 0 Å². The van der Waals surface area contributed by atoms with E-state index in [0.717, 1.165) is 12.8 Å². The summed E-state index contributed by atoms with van der Waals surface area (Å²) in [4.78, 5) is 10.4. The van der Waals surface area contributed by atoms with Crippen molar-refractivity contribution < 1.29 is 9.53 Å². The highest BCUT2D eigenvalue weighted by Crippen LogP contribution is 2.33. The molecule has 0 unspecified atom stereocenters. The van der Waals surface area contributed by atoms with Gasteiger partial charge in [-0.25, -0.2) is 0 Å². The molecule has 1 saturated heterocycles. The van der Waals surface area contributed by atoms with Crippen LogP contribution in [0, 0.1) is 0 Å². The minimum atomic E-state index is -0.0723. The zero-order valence-electron chi connectivity index (χ0n) is 5.94. The maximum absolute atomic E-state index is 10.4. The molecule has 1 aliphatic rings. The highest BCUT2D eigenvalue weighted by Gasteiger charge is 2.42. The van der Waals surface area contributed by atoms with Gasteiger partial charge in [-0.15, -0.1) is 0 Å². The van der Waals surface area contributed by atoms with E-state index in [1.165, 1.54) is 0 Å². The summed E-state index contributed by atoms with van der Waals surface area (Å²) in [6, 6.07) is 0. The van der Waals surface area contributed by atoms with E-state index >= 15 is 0 Å². The van der Waals surface area contributed by atoms with E-state index in [4.69, 9.17) is 4.74 Å². The van der Waals surface area contributed by atoms with Gasteiger partial charge in [-0.3, -0.25) is 4.79 Å². The molecule has 2 nitrogen and oxygen atoms in total. The molecule has 1 aliphatic heterocycles. The smallest absolute Gasteiger partial charge is 0.310 e. The van der Waals surface area contributed by atoms with Gasteiger partial charge < -0.3 is 4.74 Å². The van der Waals surface area contributed by atoms with Crippen molar-refractivity contribution in [3.63, 3.8) is 0 Å². The van der Waals surface area contributed by atoms with Gasteiger partial charge in [0.05, 0.1) is 6.42 Å². The average molecular weight is 128 g/mol. The van der Waals surface area contributed by atoms with E-state index in [1.807, 2.05) is 0 Å². The fraction of sp³-hybridized carbons (Fsp3) is 0.857. The molecule has 9 heavy (non-hydrogen) atoms. The van der Waals surface area contributed by atoms with Gasteiger partial charge in [0.15, 0.2) is 0 Å². The number of carbonyl (C=O) groups excluding carboxylic acids is 1. The van der Waals surface area contributed by atoms with Crippen LogP contribution in [0.3, 0.4) is 0 Å². The number of carbonyl (C=O) groups is 1. The Hall–Kier alpha value is -0.530. The number of esters is 1. The topological polar surface area (TPSA) is 26.3 Å². The van der Waals surface area contributed by atoms with Crippen molar-refractivity contribution in [2.45, 2.75) is 38.7 Å². The van der Waals surface area contributed by atoms with Crippen LogP contribution in [0.15, 0.2) is 0 Å². The SMILES string of the molecule is CCC1(CC)CC(=O)O1. The second-order valence-electron chi connectivity index (χ2n) is 2.54. The predicted molar refractivity (Wildman–Crippen MR) is 34.0 cm³/mol.